The summed E-state index contributed by atoms with van der Waals surface area (Å²) >= 11 is 0. The Balaban J connectivity index is 2.22. The first kappa shape index (κ1) is 7.33. The van der Waals surface area contributed by atoms with E-state index in [1.807, 2.05) is 0 Å². The van der Waals surface area contributed by atoms with E-state index in [9.17, 15) is 4.79 Å². The average Bonchev–Trinajstić information content (AvgIpc) is 2.17. The van der Waals surface area contributed by atoms with Crippen LogP contribution in [0.25, 0.3) is 0 Å². The molecule has 0 aliphatic heterocycles. The highest BCUT2D eigenvalue weighted by atomic mass is 16.1. The van der Waals surface area contributed by atoms with Gasteiger partial charge >= 0.3 is 0 Å². The van der Waals surface area contributed by atoms with E-state index in [1.165, 1.54) is 12.8 Å². The van der Waals surface area contributed by atoms with Crippen molar-refractivity contribution in [2.45, 2.75) is 39.5 Å². The van der Waals surface area contributed by atoms with Gasteiger partial charge in [-0.15, -0.1) is 0 Å². The number of Topliss-reactive ketones (excluding diaryl/α,β-unsaturated/α-hetero) is 1. The first-order valence-corrected chi connectivity index (χ1v) is 4.65. The Kier molecular flexibility index (Phi) is 1.39. The number of hydrogen-bond donors (Lipinski definition) is 0. The molecule has 0 aromatic rings. The van der Waals surface area contributed by atoms with Crippen LogP contribution >= 0.6 is 0 Å². The second-order valence-electron chi connectivity index (χ2n) is 4.67. The van der Waals surface area contributed by atoms with Crippen molar-refractivity contribution in [3.63, 3.8) is 0 Å². The Labute approximate surface area is 68.2 Å². The van der Waals surface area contributed by atoms with E-state index in [1.54, 1.807) is 0 Å². The van der Waals surface area contributed by atoms with Crippen LogP contribution in [0.1, 0.15) is 39.5 Å². The van der Waals surface area contributed by atoms with Gasteiger partial charge in [0.2, 0.25) is 0 Å². The third-order valence-corrected chi connectivity index (χ3v) is 3.83. The van der Waals surface area contributed by atoms with E-state index < -0.39 is 0 Å². The van der Waals surface area contributed by atoms with Gasteiger partial charge < -0.3 is 0 Å². The van der Waals surface area contributed by atoms with Crippen LogP contribution < -0.4 is 0 Å². The van der Waals surface area contributed by atoms with Gasteiger partial charge in [-0.3, -0.25) is 4.79 Å². The van der Waals surface area contributed by atoms with Crippen LogP contribution in [0.5, 0.6) is 0 Å². The minimum atomic E-state index is 0.341. The molecule has 62 valence electrons. The SMILES string of the molecule is CC1(C)[C@@H]2CCCC(=O)[C@@H]1C2. The molecule has 0 aromatic heterocycles. The zero-order valence-electron chi connectivity index (χ0n) is 7.39. The zero-order valence-corrected chi connectivity index (χ0v) is 7.39. The largest absolute Gasteiger partial charge is 0.299 e. The summed E-state index contributed by atoms with van der Waals surface area (Å²) in [5.74, 6) is 1.79. The highest BCUT2D eigenvalue weighted by Crippen LogP contribution is 2.55. The fourth-order valence-corrected chi connectivity index (χ4v) is 2.75. The summed E-state index contributed by atoms with van der Waals surface area (Å²) in [7, 11) is 0. The number of carbonyl (C=O) groups is 1. The van der Waals surface area contributed by atoms with Crippen molar-refractivity contribution in [3.8, 4) is 0 Å². The first-order valence-electron chi connectivity index (χ1n) is 4.65. The van der Waals surface area contributed by atoms with Crippen LogP contribution in [0.3, 0.4) is 0 Å². The van der Waals surface area contributed by atoms with E-state index in [4.69, 9.17) is 0 Å². The second kappa shape index (κ2) is 2.09. The Morgan fingerprint density at radius 3 is 2.82 bits per heavy atom. The predicted molar refractivity (Wildman–Crippen MR) is 44.2 cm³/mol. The number of fused-ring (bicyclic) bond motifs is 3. The molecule has 0 aromatic carbocycles. The highest BCUT2D eigenvalue weighted by molar-refractivity contribution is 5.83. The maximum Gasteiger partial charge on any atom is 0.136 e. The maximum atomic E-state index is 11.5. The van der Waals surface area contributed by atoms with Crippen molar-refractivity contribution in [2.75, 3.05) is 0 Å². The topological polar surface area (TPSA) is 17.1 Å². The lowest BCUT2D eigenvalue weighted by molar-refractivity contribution is -0.135. The van der Waals surface area contributed by atoms with Gasteiger partial charge in [0.05, 0.1) is 0 Å². The Hall–Kier alpha value is -0.330. The normalized spacial score (nSPS) is 41.1. The van der Waals surface area contributed by atoms with Gasteiger partial charge in [-0.25, -0.2) is 0 Å². The smallest absolute Gasteiger partial charge is 0.136 e. The lowest BCUT2D eigenvalue weighted by atomic mass is 9.54. The molecule has 0 radical (unpaired) electrons. The molecule has 0 heterocycles. The molecule has 1 heteroatoms. The molecule has 0 unspecified atom stereocenters. The van der Waals surface area contributed by atoms with Gasteiger partial charge in [0.25, 0.3) is 0 Å². The molecular formula is C10H16O. The second-order valence-corrected chi connectivity index (χ2v) is 4.67. The van der Waals surface area contributed by atoms with Crippen molar-refractivity contribution in [1.29, 1.82) is 0 Å². The van der Waals surface area contributed by atoms with Crippen LogP contribution in [0, 0.1) is 17.3 Å². The number of hydrogen-bond acceptors (Lipinski definition) is 1. The Bertz CT molecular complexity index is 193. The molecule has 3 rings (SSSR count). The van der Waals surface area contributed by atoms with Crippen LogP contribution in [0.4, 0.5) is 0 Å². The number of ketones is 1. The lowest BCUT2D eigenvalue weighted by Gasteiger charge is -2.50. The molecule has 3 aliphatic carbocycles. The van der Waals surface area contributed by atoms with Crippen molar-refractivity contribution < 1.29 is 4.79 Å². The minimum absolute atomic E-state index is 0.341. The summed E-state index contributed by atoms with van der Waals surface area (Å²) in [6.07, 6.45) is 4.47. The fourth-order valence-electron chi connectivity index (χ4n) is 2.75. The monoisotopic (exact) mass is 152 g/mol. The zero-order chi connectivity index (χ0) is 8.06. The molecule has 11 heavy (non-hydrogen) atoms. The number of rotatable bonds is 0. The summed E-state index contributed by atoms with van der Waals surface area (Å²) in [6.45, 7) is 4.52. The maximum absolute atomic E-state index is 11.5. The van der Waals surface area contributed by atoms with Gasteiger partial charge in [0.1, 0.15) is 5.78 Å². The number of carbonyl (C=O) groups excluding carboxylic acids is 1. The summed E-state index contributed by atoms with van der Waals surface area (Å²) in [6, 6.07) is 0. The summed E-state index contributed by atoms with van der Waals surface area (Å²) < 4.78 is 0. The quantitative estimate of drug-likeness (QED) is 0.521. The van der Waals surface area contributed by atoms with E-state index in [0.29, 0.717) is 17.1 Å². The van der Waals surface area contributed by atoms with Crippen LogP contribution in [0.15, 0.2) is 0 Å². The lowest BCUT2D eigenvalue weighted by Crippen LogP contribution is -2.46. The Morgan fingerprint density at radius 1 is 1.45 bits per heavy atom. The Morgan fingerprint density at radius 2 is 2.18 bits per heavy atom. The van der Waals surface area contributed by atoms with Gasteiger partial charge in [0.15, 0.2) is 0 Å². The van der Waals surface area contributed by atoms with Gasteiger partial charge in [-0.2, -0.15) is 0 Å². The van der Waals surface area contributed by atoms with E-state index in [-0.39, 0.29) is 0 Å². The molecule has 1 nitrogen and oxygen atoms in total. The third-order valence-electron chi connectivity index (χ3n) is 3.83. The molecule has 0 amide bonds. The van der Waals surface area contributed by atoms with Gasteiger partial charge in [-0.1, -0.05) is 13.8 Å². The van der Waals surface area contributed by atoms with Crippen molar-refractivity contribution in [3.05, 3.63) is 0 Å². The van der Waals surface area contributed by atoms with Crippen LogP contribution in [0.2, 0.25) is 0 Å². The van der Waals surface area contributed by atoms with Crippen molar-refractivity contribution in [1.82, 2.24) is 0 Å². The minimum Gasteiger partial charge on any atom is -0.299 e. The molecule has 0 spiro atoms. The fraction of sp³-hybridized carbons (Fsp3) is 0.900. The molecule has 0 saturated heterocycles. The molecule has 3 aliphatic rings. The van der Waals surface area contributed by atoms with Crippen LogP contribution in [-0.4, -0.2) is 5.78 Å². The van der Waals surface area contributed by atoms with E-state index in [2.05, 4.69) is 13.8 Å². The molecular weight excluding hydrogens is 136 g/mol. The summed E-state index contributed by atoms with van der Waals surface area (Å²) in [5, 5.41) is 0. The first-order chi connectivity index (χ1) is 5.12. The average molecular weight is 152 g/mol. The molecule has 0 N–H and O–H groups in total. The van der Waals surface area contributed by atoms with E-state index in [0.717, 1.165) is 18.8 Å². The summed E-state index contributed by atoms with van der Waals surface area (Å²) in [5.41, 5.74) is 0.341. The molecule has 3 fully saturated rings. The molecule has 2 bridgehead atoms. The highest BCUT2D eigenvalue weighted by Gasteiger charge is 2.51. The van der Waals surface area contributed by atoms with Gasteiger partial charge in [-0.05, 0) is 30.6 Å². The van der Waals surface area contributed by atoms with Crippen molar-refractivity contribution >= 4 is 5.78 Å². The van der Waals surface area contributed by atoms with Crippen molar-refractivity contribution in [2.24, 2.45) is 17.3 Å². The molecule has 3 saturated carbocycles. The summed E-state index contributed by atoms with van der Waals surface area (Å²) in [4.78, 5) is 11.5. The van der Waals surface area contributed by atoms with E-state index >= 15 is 0 Å². The van der Waals surface area contributed by atoms with Gasteiger partial charge in [0, 0.05) is 12.3 Å². The standard InChI is InChI=1S/C10H16O/c1-10(2)7-4-3-5-9(11)8(10)6-7/h7-8H,3-6H2,1-2H3/t7-,8+/m1/s1. The van der Waals surface area contributed by atoms with Crippen LogP contribution in [-0.2, 0) is 4.79 Å². The molecule has 2 atom stereocenters. The third kappa shape index (κ3) is 0.863. The predicted octanol–water partition coefficient (Wildman–Crippen LogP) is 2.40.